The monoisotopic (exact) mass is 270 g/mol. The van der Waals surface area contributed by atoms with Crippen molar-refractivity contribution >= 4 is 28.9 Å². The fraction of sp³-hybridized carbons (Fsp3) is 0.462. The third kappa shape index (κ3) is 2.93. The van der Waals surface area contributed by atoms with E-state index in [1.54, 1.807) is 19.1 Å². The highest BCUT2D eigenvalue weighted by Gasteiger charge is 2.17. The summed E-state index contributed by atoms with van der Waals surface area (Å²) in [7, 11) is 0. The van der Waals surface area contributed by atoms with E-state index in [-0.39, 0.29) is 11.7 Å². The van der Waals surface area contributed by atoms with Crippen molar-refractivity contribution < 1.29 is 9.18 Å². The van der Waals surface area contributed by atoms with Gasteiger partial charge in [-0.15, -0.1) is 11.6 Å². The van der Waals surface area contributed by atoms with Crippen molar-refractivity contribution in [3.8, 4) is 0 Å². The lowest BCUT2D eigenvalue weighted by Crippen LogP contribution is -2.21. The number of anilines is 2. The molecule has 98 valence electrons. The van der Waals surface area contributed by atoms with E-state index in [1.807, 2.05) is 4.90 Å². The van der Waals surface area contributed by atoms with E-state index in [0.717, 1.165) is 25.9 Å². The van der Waals surface area contributed by atoms with Gasteiger partial charge >= 0.3 is 0 Å². The van der Waals surface area contributed by atoms with Crippen LogP contribution in [0.4, 0.5) is 15.8 Å². The average Bonchev–Trinajstić information content (AvgIpc) is 2.82. The number of hydrogen-bond donors (Lipinski definition) is 1. The molecule has 1 aliphatic rings. The zero-order chi connectivity index (χ0) is 13.1. The quantitative estimate of drug-likeness (QED) is 0.857. The molecule has 1 aromatic carbocycles. The number of nitrogens with one attached hydrogen (secondary N) is 1. The standard InChI is InChI=1S/C13H16ClFN2O/c1-9(14)13(18)16-10-4-5-12(11(15)8-10)17-6-2-3-7-17/h4-5,8-9H,2-3,6-7H2,1H3,(H,16,18). The van der Waals surface area contributed by atoms with Crippen LogP contribution in [0, 0.1) is 5.82 Å². The molecule has 1 aliphatic heterocycles. The maximum atomic E-state index is 13.9. The molecule has 0 aliphatic carbocycles. The highest BCUT2D eigenvalue weighted by Crippen LogP contribution is 2.26. The van der Waals surface area contributed by atoms with Crippen LogP contribution in [-0.2, 0) is 4.79 Å². The van der Waals surface area contributed by atoms with Crippen molar-refractivity contribution in [2.75, 3.05) is 23.3 Å². The Bertz CT molecular complexity index is 445. The van der Waals surface area contributed by atoms with Gasteiger partial charge in [0, 0.05) is 18.8 Å². The molecule has 1 amide bonds. The number of benzene rings is 1. The number of carbonyl (C=O) groups excluding carboxylic acids is 1. The molecule has 18 heavy (non-hydrogen) atoms. The SMILES string of the molecule is CC(Cl)C(=O)Nc1ccc(N2CCCC2)c(F)c1. The van der Waals surface area contributed by atoms with Gasteiger partial charge < -0.3 is 10.2 Å². The van der Waals surface area contributed by atoms with Crippen LogP contribution in [0.2, 0.25) is 0 Å². The van der Waals surface area contributed by atoms with Crippen LogP contribution in [0.1, 0.15) is 19.8 Å². The maximum absolute atomic E-state index is 13.9. The van der Waals surface area contributed by atoms with E-state index in [4.69, 9.17) is 11.6 Å². The highest BCUT2D eigenvalue weighted by molar-refractivity contribution is 6.32. The van der Waals surface area contributed by atoms with Gasteiger partial charge in [-0.1, -0.05) is 0 Å². The fourth-order valence-corrected chi connectivity index (χ4v) is 2.10. The Morgan fingerprint density at radius 2 is 2.11 bits per heavy atom. The Hall–Kier alpha value is -1.29. The summed E-state index contributed by atoms with van der Waals surface area (Å²) in [5.41, 5.74) is 1.04. The number of amides is 1. The Kier molecular flexibility index (Phi) is 4.07. The summed E-state index contributed by atoms with van der Waals surface area (Å²) in [6.07, 6.45) is 2.20. The minimum atomic E-state index is -0.633. The molecule has 1 N–H and O–H groups in total. The van der Waals surface area contributed by atoms with Crippen molar-refractivity contribution in [3.05, 3.63) is 24.0 Å². The average molecular weight is 271 g/mol. The Labute approximate surface area is 111 Å². The smallest absolute Gasteiger partial charge is 0.242 e. The van der Waals surface area contributed by atoms with Crippen molar-refractivity contribution in [1.29, 1.82) is 0 Å². The van der Waals surface area contributed by atoms with E-state index in [1.165, 1.54) is 6.07 Å². The zero-order valence-corrected chi connectivity index (χ0v) is 11.0. The summed E-state index contributed by atoms with van der Waals surface area (Å²) < 4.78 is 13.9. The molecule has 0 aromatic heterocycles. The van der Waals surface area contributed by atoms with Crippen LogP contribution in [0.15, 0.2) is 18.2 Å². The summed E-state index contributed by atoms with van der Waals surface area (Å²) in [6.45, 7) is 3.36. The second-order valence-corrected chi connectivity index (χ2v) is 5.12. The molecule has 1 aromatic rings. The van der Waals surface area contributed by atoms with Crippen LogP contribution in [0.5, 0.6) is 0 Å². The van der Waals surface area contributed by atoms with Crippen molar-refractivity contribution in [2.45, 2.75) is 25.1 Å². The Morgan fingerprint density at radius 3 is 2.67 bits per heavy atom. The second kappa shape index (κ2) is 5.57. The summed E-state index contributed by atoms with van der Waals surface area (Å²) >= 11 is 5.64. The predicted molar refractivity (Wildman–Crippen MR) is 71.8 cm³/mol. The van der Waals surface area contributed by atoms with Crippen LogP contribution in [-0.4, -0.2) is 24.4 Å². The molecule has 1 atom stereocenters. The van der Waals surface area contributed by atoms with Crippen molar-refractivity contribution in [2.24, 2.45) is 0 Å². The minimum Gasteiger partial charge on any atom is -0.369 e. The number of carbonyl (C=O) groups is 1. The van der Waals surface area contributed by atoms with Gasteiger partial charge in [-0.2, -0.15) is 0 Å². The summed E-state index contributed by atoms with van der Waals surface area (Å²) in [6, 6.07) is 4.74. The number of hydrogen-bond acceptors (Lipinski definition) is 2. The summed E-state index contributed by atoms with van der Waals surface area (Å²) in [5, 5.41) is 1.94. The van der Waals surface area contributed by atoms with Crippen LogP contribution >= 0.6 is 11.6 Å². The van der Waals surface area contributed by atoms with Gasteiger partial charge in [-0.05, 0) is 38.0 Å². The molecule has 0 radical (unpaired) electrons. The van der Waals surface area contributed by atoms with Gasteiger partial charge in [0.05, 0.1) is 5.69 Å². The van der Waals surface area contributed by atoms with E-state index in [2.05, 4.69) is 5.32 Å². The molecule has 5 heteroatoms. The van der Waals surface area contributed by atoms with Crippen LogP contribution in [0.25, 0.3) is 0 Å². The van der Waals surface area contributed by atoms with Gasteiger partial charge in [-0.25, -0.2) is 4.39 Å². The van der Waals surface area contributed by atoms with Crippen molar-refractivity contribution in [1.82, 2.24) is 0 Å². The second-order valence-electron chi connectivity index (χ2n) is 4.47. The van der Waals surface area contributed by atoms with Gasteiger partial charge in [0.25, 0.3) is 0 Å². The predicted octanol–water partition coefficient (Wildman–Crippen LogP) is 2.99. The highest BCUT2D eigenvalue weighted by atomic mass is 35.5. The number of halogens is 2. The first-order chi connectivity index (χ1) is 8.58. The van der Waals surface area contributed by atoms with Gasteiger partial charge in [0.1, 0.15) is 11.2 Å². The fourth-order valence-electron chi connectivity index (χ4n) is 2.04. The molecule has 0 bridgehead atoms. The molecular formula is C13H16ClFN2O. The molecule has 1 saturated heterocycles. The van der Waals surface area contributed by atoms with E-state index in [9.17, 15) is 9.18 Å². The zero-order valence-electron chi connectivity index (χ0n) is 10.2. The number of nitrogens with zero attached hydrogens (tertiary/aromatic N) is 1. The maximum Gasteiger partial charge on any atom is 0.242 e. The molecule has 0 spiro atoms. The van der Waals surface area contributed by atoms with Crippen LogP contribution < -0.4 is 10.2 Å². The molecule has 1 heterocycles. The van der Waals surface area contributed by atoms with Gasteiger partial charge in [0.2, 0.25) is 5.91 Å². The lowest BCUT2D eigenvalue weighted by Gasteiger charge is -2.19. The third-order valence-corrected chi connectivity index (χ3v) is 3.22. The van der Waals surface area contributed by atoms with Crippen LogP contribution in [0.3, 0.4) is 0 Å². The molecule has 3 nitrogen and oxygen atoms in total. The topological polar surface area (TPSA) is 32.3 Å². The third-order valence-electron chi connectivity index (χ3n) is 3.02. The molecular weight excluding hydrogens is 255 g/mol. The normalized spacial score (nSPS) is 16.7. The Balaban J connectivity index is 2.11. The van der Waals surface area contributed by atoms with E-state index in [0.29, 0.717) is 11.4 Å². The Morgan fingerprint density at radius 1 is 1.44 bits per heavy atom. The minimum absolute atomic E-state index is 0.308. The summed E-state index contributed by atoms with van der Waals surface area (Å²) in [4.78, 5) is 13.4. The first-order valence-electron chi connectivity index (χ1n) is 6.07. The van der Waals surface area contributed by atoms with Crippen molar-refractivity contribution in [3.63, 3.8) is 0 Å². The molecule has 1 fully saturated rings. The molecule has 0 saturated carbocycles. The largest absolute Gasteiger partial charge is 0.369 e. The lowest BCUT2D eigenvalue weighted by molar-refractivity contribution is -0.115. The van der Waals surface area contributed by atoms with E-state index >= 15 is 0 Å². The van der Waals surface area contributed by atoms with E-state index < -0.39 is 5.38 Å². The van der Waals surface area contributed by atoms with Gasteiger partial charge in [0.15, 0.2) is 0 Å². The number of alkyl halides is 1. The molecule has 1 unspecified atom stereocenters. The number of rotatable bonds is 3. The summed E-state index contributed by atoms with van der Waals surface area (Å²) in [5.74, 6) is -0.637. The first kappa shape index (κ1) is 13.1. The van der Waals surface area contributed by atoms with Gasteiger partial charge in [-0.3, -0.25) is 4.79 Å². The first-order valence-corrected chi connectivity index (χ1v) is 6.51. The lowest BCUT2D eigenvalue weighted by atomic mass is 10.2. The molecule has 2 rings (SSSR count).